The molecule has 0 spiro atoms. The van der Waals surface area contributed by atoms with Gasteiger partial charge in [0.05, 0.1) is 5.69 Å². The largest absolute Gasteiger partial charge is 0.479 e. The van der Waals surface area contributed by atoms with Crippen LogP contribution < -0.4 is 14.5 Å². The minimum Gasteiger partial charge on any atom is -0.479 e. The van der Waals surface area contributed by atoms with E-state index >= 15 is 0 Å². The number of rotatable bonds is 3. The topological polar surface area (TPSA) is 53.1 Å². The van der Waals surface area contributed by atoms with Gasteiger partial charge in [-0.25, -0.2) is 0 Å². The normalized spacial score (nSPS) is 19.3. The highest BCUT2D eigenvalue weighted by Crippen LogP contribution is 2.34. The van der Waals surface area contributed by atoms with Gasteiger partial charge in [0.25, 0.3) is 5.91 Å². The molecule has 1 fully saturated rings. The monoisotopic (exact) mass is 379 g/mol. The van der Waals surface area contributed by atoms with Gasteiger partial charge in [-0.2, -0.15) is 0 Å². The van der Waals surface area contributed by atoms with Crippen molar-refractivity contribution in [2.24, 2.45) is 0 Å². The van der Waals surface area contributed by atoms with Crippen molar-refractivity contribution in [1.82, 2.24) is 4.90 Å². The third-order valence-electron chi connectivity index (χ3n) is 5.37. The Balaban J connectivity index is 1.44. The number of benzene rings is 2. The van der Waals surface area contributed by atoms with Gasteiger partial charge in [-0.15, -0.1) is 0 Å². The molecular weight excluding hydrogens is 354 g/mol. The first kappa shape index (κ1) is 18.3. The zero-order valence-electron chi connectivity index (χ0n) is 16.3. The second kappa shape index (κ2) is 7.54. The van der Waals surface area contributed by atoms with Gasteiger partial charge in [-0.1, -0.05) is 24.3 Å². The number of aryl methyl sites for hydroxylation is 1. The van der Waals surface area contributed by atoms with E-state index in [9.17, 15) is 9.59 Å². The molecule has 2 aliphatic heterocycles. The molecule has 1 saturated heterocycles. The fourth-order valence-electron chi connectivity index (χ4n) is 3.77. The van der Waals surface area contributed by atoms with Crippen LogP contribution in [0.15, 0.2) is 48.5 Å². The molecule has 6 heteroatoms. The Morgan fingerprint density at radius 3 is 2.50 bits per heavy atom. The fraction of sp³-hybridized carbons (Fsp3) is 0.364. The Kier molecular flexibility index (Phi) is 4.94. The molecule has 0 saturated carbocycles. The van der Waals surface area contributed by atoms with Gasteiger partial charge >= 0.3 is 0 Å². The quantitative estimate of drug-likeness (QED) is 0.822. The van der Waals surface area contributed by atoms with Crippen molar-refractivity contribution in [1.29, 1.82) is 0 Å². The summed E-state index contributed by atoms with van der Waals surface area (Å²) >= 11 is 0. The Hall–Kier alpha value is -3.02. The minimum atomic E-state index is -0.585. The number of carbonyl (C=O) groups excluding carboxylic acids is 2. The second-order valence-electron chi connectivity index (χ2n) is 7.36. The summed E-state index contributed by atoms with van der Waals surface area (Å²) < 4.78 is 5.70. The summed E-state index contributed by atoms with van der Waals surface area (Å²) in [4.78, 5) is 31.3. The van der Waals surface area contributed by atoms with E-state index < -0.39 is 6.10 Å². The van der Waals surface area contributed by atoms with Gasteiger partial charge < -0.3 is 14.5 Å². The van der Waals surface area contributed by atoms with Crippen molar-refractivity contribution in [3.05, 3.63) is 54.1 Å². The van der Waals surface area contributed by atoms with Crippen molar-refractivity contribution in [3.8, 4) is 5.75 Å². The summed E-state index contributed by atoms with van der Waals surface area (Å²) in [5.74, 6) is 0.455. The van der Waals surface area contributed by atoms with Gasteiger partial charge in [-0.3, -0.25) is 14.5 Å². The molecule has 4 rings (SSSR count). The smallest absolute Gasteiger partial charge is 0.268 e. The number of hydrogen-bond donors (Lipinski definition) is 0. The molecule has 0 aromatic heterocycles. The first-order chi connectivity index (χ1) is 13.5. The lowest BCUT2D eigenvalue weighted by molar-refractivity contribution is -0.133. The van der Waals surface area contributed by atoms with E-state index in [1.54, 1.807) is 11.8 Å². The van der Waals surface area contributed by atoms with Gasteiger partial charge in [0.2, 0.25) is 5.91 Å². The molecule has 1 atom stereocenters. The summed E-state index contributed by atoms with van der Waals surface area (Å²) in [6.45, 7) is 6.63. The highest BCUT2D eigenvalue weighted by molar-refractivity contribution is 6.03. The highest BCUT2D eigenvalue weighted by atomic mass is 16.5. The van der Waals surface area contributed by atoms with Crippen LogP contribution in [0.5, 0.6) is 5.75 Å². The molecule has 0 N–H and O–H groups in total. The fourth-order valence-corrected chi connectivity index (χ4v) is 3.77. The van der Waals surface area contributed by atoms with Gasteiger partial charge in [0.1, 0.15) is 12.3 Å². The van der Waals surface area contributed by atoms with Gasteiger partial charge in [0, 0.05) is 31.9 Å². The number of anilines is 2. The number of hydrogen-bond acceptors (Lipinski definition) is 4. The lowest BCUT2D eigenvalue weighted by atomic mass is 10.1. The molecule has 146 valence electrons. The third-order valence-corrected chi connectivity index (χ3v) is 5.37. The van der Waals surface area contributed by atoms with E-state index in [2.05, 4.69) is 17.0 Å². The second-order valence-corrected chi connectivity index (χ2v) is 7.36. The molecule has 2 amide bonds. The van der Waals surface area contributed by atoms with Crippen LogP contribution in [0.25, 0.3) is 0 Å². The van der Waals surface area contributed by atoms with E-state index in [0.717, 1.165) is 18.7 Å². The van der Waals surface area contributed by atoms with Crippen LogP contribution in [0.4, 0.5) is 11.4 Å². The van der Waals surface area contributed by atoms with E-state index in [4.69, 9.17) is 4.74 Å². The molecule has 28 heavy (non-hydrogen) atoms. The predicted molar refractivity (Wildman–Crippen MR) is 109 cm³/mol. The molecule has 6 nitrogen and oxygen atoms in total. The van der Waals surface area contributed by atoms with Crippen LogP contribution in [-0.4, -0.2) is 55.5 Å². The Morgan fingerprint density at radius 2 is 1.79 bits per heavy atom. The van der Waals surface area contributed by atoms with Crippen molar-refractivity contribution in [3.63, 3.8) is 0 Å². The first-order valence-corrected chi connectivity index (χ1v) is 9.69. The van der Waals surface area contributed by atoms with Crippen molar-refractivity contribution < 1.29 is 14.3 Å². The zero-order chi connectivity index (χ0) is 19.7. The van der Waals surface area contributed by atoms with Crippen LogP contribution in [0.3, 0.4) is 0 Å². The molecule has 0 unspecified atom stereocenters. The average molecular weight is 379 g/mol. The molecule has 2 aliphatic rings. The number of para-hydroxylation sites is 1. The summed E-state index contributed by atoms with van der Waals surface area (Å²) in [6, 6.07) is 15.9. The summed E-state index contributed by atoms with van der Waals surface area (Å²) in [7, 11) is 0. The number of carbonyl (C=O) groups is 2. The number of ether oxygens (including phenoxy) is 1. The van der Waals surface area contributed by atoms with Crippen LogP contribution in [-0.2, 0) is 9.59 Å². The average Bonchev–Trinajstić information content (AvgIpc) is 2.72. The predicted octanol–water partition coefficient (Wildman–Crippen LogP) is 2.46. The Morgan fingerprint density at radius 1 is 1.07 bits per heavy atom. The van der Waals surface area contributed by atoms with E-state index in [1.807, 2.05) is 48.2 Å². The molecule has 0 bridgehead atoms. The van der Waals surface area contributed by atoms with Crippen molar-refractivity contribution >= 4 is 23.2 Å². The lowest BCUT2D eigenvalue weighted by Crippen LogP contribution is -2.54. The third kappa shape index (κ3) is 3.54. The Bertz CT molecular complexity index is 876. The van der Waals surface area contributed by atoms with Crippen LogP contribution >= 0.6 is 0 Å². The molecule has 2 aromatic carbocycles. The van der Waals surface area contributed by atoms with Crippen molar-refractivity contribution in [2.45, 2.75) is 20.0 Å². The van der Waals surface area contributed by atoms with Crippen LogP contribution in [0, 0.1) is 6.92 Å². The van der Waals surface area contributed by atoms with E-state index in [0.29, 0.717) is 24.5 Å². The summed E-state index contributed by atoms with van der Waals surface area (Å²) in [5, 5.41) is 0. The molecule has 0 radical (unpaired) electrons. The van der Waals surface area contributed by atoms with E-state index in [-0.39, 0.29) is 18.4 Å². The Labute approximate surface area is 165 Å². The number of amides is 2. The molecule has 0 aliphatic carbocycles. The SMILES string of the molecule is Cc1ccc2c(c1)N(CC(=O)N1CCN(c3ccccc3)CC1)C(=O)[C@@H](C)O2. The standard InChI is InChI=1S/C22H25N3O3/c1-16-8-9-20-19(14-16)25(22(27)17(2)28-20)15-21(26)24-12-10-23(11-13-24)18-6-4-3-5-7-18/h3-9,14,17H,10-13,15H2,1-2H3/t17-/m1/s1. The van der Waals surface area contributed by atoms with Crippen molar-refractivity contribution in [2.75, 3.05) is 42.5 Å². The lowest BCUT2D eigenvalue weighted by Gasteiger charge is -2.38. The highest BCUT2D eigenvalue weighted by Gasteiger charge is 2.34. The maximum Gasteiger partial charge on any atom is 0.268 e. The maximum atomic E-state index is 12.9. The van der Waals surface area contributed by atoms with Gasteiger partial charge in [0.15, 0.2) is 6.10 Å². The van der Waals surface area contributed by atoms with Crippen LogP contribution in [0.2, 0.25) is 0 Å². The van der Waals surface area contributed by atoms with Crippen LogP contribution in [0.1, 0.15) is 12.5 Å². The zero-order valence-corrected chi connectivity index (χ0v) is 16.3. The summed E-state index contributed by atoms with van der Waals surface area (Å²) in [5.41, 5.74) is 2.88. The first-order valence-electron chi connectivity index (χ1n) is 9.69. The number of piperazine rings is 1. The minimum absolute atomic E-state index is 0.0254. The number of fused-ring (bicyclic) bond motifs is 1. The molecule has 2 heterocycles. The van der Waals surface area contributed by atoms with Gasteiger partial charge in [-0.05, 0) is 43.7 Å². The number of nitrogens with zero attached hydrogens (tertiary/aromatic N) is 3. The molecule has 2 aromatic rings. The van der Waals surface area contributed by atoms with E-state index in [1.165, 1.54) is 5.69 Å². The summed E-state index contributed by atoms with van der Waals surface area (Å²) in [6.07, 6.45) is -0.585. The maximum absolute atomic E-state index is 12.9. The molecular formula is C22H25N3O3.